The summed E-state index contributed by atoms with van der Waals surface area (Å²) in [6, 6.07) is 9.92. The number of benzene rings is 1. The number of nitrogens with zero attached hydrogens (tertiary/aromatic N) is 2. The predicted octanol–water partition coefficient (Wildman–Crippen LogP) is 3.60. The summed E-state index contributed by atoms with van der Waals surface area (Å²) in [5, 5.41) is 12.9. The molecular weight excluding hydrogens is 244 g/mol. The number of hydrogen-bond donors (Lipinski definition) is 0. The molecule has 0 atom stereocenters. The number of thioether (sulfide) groups is 1. The Hall–Kier alpha value is -1.73. The maximum atomic E-state index is 9.01. The van der Waals surface area contributed by atoms with Crippen molar-refractivity contribution in [1.82, 2.24) is 5.16 Å². The second-order valence-corrected chi connectivity index (χ2v) is 5.05. The van der Waals surface area contributed by atoms with Gasteiger partial charge in [0.25, 0.3) is 0 Å². The van der Waals surface area contributed by atoms with E-state index < -0.39 is 0 Å². The number of rotatable bonds is 4. The maximum absolute atomic E-state index is 9.01. The van der Waals surface area contributed by atoms with Crippen molar-refractivity contribution in [2.24, 2.45) is 0 Å². The standard InChI is InChI=1S/C14H14N2OS/c1-10-14(11(2)17-16-10)9-18-8-13-6-4-3-5-12(13)7-15/h3-6H,8-9H2,1-2H3. The van der Waals surface area contributed by atoms with E-state index in [1.807, 2.05) is 38.1 Å². The molecule has 0 spiro atoms. The molecule has 92 valence electrons. The van der Waals surface area contributed by atoms with E-state index in [1.54, 1.807) is 11.8 Å². The van der Waals surface area contributed by atoms with Crippen LogP contribution in [0.1, 0.15) is 28.1 Å². The van der Waals surface area contributed by atoms with Crippen LogP contribution in [-0.2, 0) is 11.5 Å². The minimum atomic E-state index is 0.753. The monoisotopic (exact) mass is 258 g/mol. The van der Waals surface area contributed by atoms with Gasteiger partial charge in [0, 0.05) is 17.1 Å². The van der Waals surface area contributed by atoms with Gasteiger partial charge in [-0.3, -0.25) is 0 Å². The first kappa shape index (κ1) is 12.7. The lowest BCUT2D eigenvalue weighted by Crippen LogP contribution is -1.89. The van der Waals surface area contributed by atoms with Crippen molar-refractivity contribution in [1.29, 1.82) is 5.26 Å². The lowest BCUT2D eigenvalue weighted by atomic mass is 10.1. The molecule has 0 saturated carbocycles. The van der Waals surface area contributed by atoms with Crippen molar-refractivity contribution in [3.63, 3.8) is 0 Å². The highest BCUT2D eigenvalue weighted by molar-refractivity contribution is 7.97. The van der Waals surface area contributed by atoms with E-state index in [9.17, 15) is 0 Å². The summed E-state index contributed by atoms with van der Waals surface area (Å²) >= 11 is 1.77. The van der Waals surface area contributed by atoms with Crippen LogP contribution >= 0.6 is 11.8 Å². The Morgan fingerprint density at radius 2 is 2.06 bits per heavy atom. The molecule has 0 N–H and O–H groups in total. The Bertz CT molecular complexity index is 564. The summed E-state index contributed by atoms with van der Waals surface area (Å²) in [4.78, 5) is 0. The van der Waals surface area contributed by atoms with Gasteiger partial charge in [-0.05, 0) is 25.5 Å². The highest BCUT2D eigenvalue weighted by Crippen LogP contribution is 2.23. The molecule has 0 fully saturated rings. The van der Waals surface area contributed by atoms with Gasteiger partial charge in [0.05, 0.1) is 17.3 Å². The fourth-order valence-electron chi connectivity index (χ4n) is 1.73. The van der Waals surface area contributed by atoms with Gasteiger partial charge in [-0.15, -0.1) is 0 Å². The molecule has 0 aliphatic carbocycles. The van der Waals surface area contributed by atoms with E-state index in [0.29, 0.717) is 0 Å². The number of aromatic nitrogens is 1. The Morgan fingerprint density at radius 1 is 1.28 bits per heavy atom. The molecule has 4 heteroatoms. The topological polar surface area (TPSA) is 49.8 Å². The van der Waals surface area contributed by atoms with E-state index in [0.717, 1.165) is 39.7 Å². The first-order valence-corrected chi connectivity index (χ1v) is 6.85. The van der Waals surface area contributed by atoms with Crippen LogP contribution in [0.4, 0.5) is 0 Å². The molecule has 0 aliphatic rings. The van der Waals surface area contributed by atoms with Crippen LogP contribution in [0, 0.1) is 25.2 Å². The normalized spacial score (nSPS) is 10.3. The molecule has 1 aromatic heterocycles. The van der Waals surface area contributed by atoms with Gasteiger partial charge in [0.1, 0.15) is 5.76 Å². The largest absolute Gasteiger partial charge is 0.361 e. The highest BCUT2D eigenvalue weighted by atomic mass is 32.2. The fourth-order valence-corrected chi connectivity index (χ4v) is 2.92. The third-order valence-corrected chi connectivity index (χ3v) is 3.83. The third kappa shape index (κ3) is 2.74. The van der Waals surface area contributed by atoms with Gasteiger partial charge in [-0.1, -0.05) is 23.4 Å². The van der Waals surface area contributed by atoms with Crippen LogP contribution in [0.2, 0.25) is 0 Å². The van der Waals surface area contributed by atoms with Crippen LogP contribution in [0.25, 0.3) is 0 Å². The predicted molar refractivity (Wildman–Crippen MR) is 72.1 cm³/mol. The Morgan fingerprint density at radius 3 is 2.72 bits per heavy atom. The van der Waals surface area contributed by atoms with Crippen LogP contribution < -0.4 is 0 Å². The lowest BCUT2D eigenvalue weighted by molar-refractivity contribution is 0.392. The zero-order valence-corrected chi connectivity index (χ0v) is 11.3. The van der Waals surface area contributed by atoms with Crippen molar-refractivity contribution >= 4 is 11.8 Å². The molecule has 18 heavy (non-hydrogen) atoms. The maximum Gasteiger partial charge on any atom is 0.137 e. The molecule has 3 nitrogen and oxygen atoms in total. The first-order chi connectivity index (χ1) is 8.72. The summed E-state index contributed by atoms with van der Waals surface area (Å²) < 4.78 is 5.13. The van der Waals surface area contributed by atoms with Gasteiger partial charge >= 0.3 is 0 Å². The lowest BCUT2D eigenvalue weighted by Gasteiger charge is -2.03. The van der Waals surface area contributed by atoms with E-state index in [4.69, 9.17) is 9.78 Å². The smallest absolute Gasteiger partial charge is 0.137 e. The molecule has 2 rings (SSSR count). The Balaban J connectivity index is 1.99. The van der Waals surface area contributed by atoms with Crippen molar-refractivity contribution in [2.45, 2.75) is 25.4 Å². The van der Waals surface area contributed by atoms with Crippen molar-refractivity contribution in [3.05, 3.63) is 52.4 Å². The second-order valence-electron chi connectivity index (χ2n) is 4.06. The second kappa shape index (κ2) is 5.74. The highest BCUT2D eigenvalue weighted by Gasteiger charge is 2.09. The van der Waals surface area contributed by atoms with Crippen LogP contribution in [0.3, 0.4) is 0 Å². The minimum Gasteiger partial charge on any atom is -0.361 e. The first-order valence-electron chi connectivity index (χ1n) is 5.70. The molecule has 0 radical (unpaired) electrons. The molecule has 1 heterocycles. The van der Waals surface area contributed by atoms with E-state index in [2.05, 4.69) is 11.2 Å². The molecule has 2 aromatic rings. The SMILES string of the molecule is Cc1noc(C)c1CSCc1ccccc1C#N. The molecule has 1 aromatic carbocycles. The molecule has 0 amide bonds. The third-order valence-electron chi connectivity index (χ3n) is 2.82. The zero-order chi connectivity index (χ0) is 13.0. The van der Waals surface area contributed by atoms with Gasteiger partial charge in [0.15, 0.2) is 0 Å². The van der Waals surface area contributed by atoms with Crippen LogP contribution in [0.5, 0.6) is 0 Å². The quantitative estimate of drug-likeness (QED) is 0.840. The van der Waals surface area contributed by atoms with Gasteiger partial charge in [-0.2, -0.15) is 17.0 Å². The average Bonchev–Trinajstić information content (AvgIpc) is 2.71. The number of nitriles is 1. The van der Waals surface area contributed by atoms with Gasteiger partial charge in [-0.25, -0.2) is 0 Å². The zero-order valence-electron chi connectivity index (χ0n) is 10.4. The summed E-state index contributed by atoms with van der Waals surface area (Å²) in [6.45, 7) is 3.88. The summed E-state index contributed by atoms with van der Waals surface area (Å²) in [6.07, 6.45) is 0. The van der Waals surface area contributed by atoms with Gasteiger partial charge < -0.3 is 4.52 Å². The molecule has 0 bridgehead atoms. The molecule has 0 saturated heterocycles. The van der Waals surface area contributed by atoms with Gasteiger partial charge in [0.2, 0.25) is 0 Å². The molecule has 0 unspecified atom stereocenters. The summed E-state index contributed by atoms with van der Waals surface area (Å²) in [5.41, 5.74) is 3.95. The van der Waals surface area contributed by atoms with E-state index in [-0.39, 0.29) is 0 Å². The summed E-state index contributed by atoms with van der Waals surface area (Å²) in [5.74, 6) is 2.57. The number of hydrogen-bond acceptors (Lipinski definition) is 4. The van der Waals surface area contributed by atoms with Crippen LogP contribution in [-0.4, -0.2) is 5.16 Å². The van der Waals surface area contributed by atoms with E-state index >= 15 is 0 Å². The van der Waals surface area contributed by atoms with Crippen molar-refractivity contribution in [3.8, 4) is 6.07 Å². The average molecular weight is 258 g/mol. The van der Waals surface area contributed by atoms with E-state index in [1.165, 1.54) is 0 Å². The van der Waals surface area contributed by atoms with Crippen molar-refractivity contribution < 1.29 is 4.52 Å². The van der Waals surface area contributed by atoms with Crippen molar-refractivity contribution in [2.75, 3.05) is 0 Å². The summed E-state index contributed by atoms with van der Waals surface area (Å²) in [7, 11) is 0. The Labute approximate surface area is 111 Å². The minimum absolute atomic E-state index is 0.753. The fraction of sp³-hybridized carbons (Fsp3) is 0.286. The van der Waals surface area contributed by atoms with Crippen LogP contribution in [0.15, 0.2) is 28.8 Å². The molecule has 0 aliphatic heterocycles. The number of aryl methyl sites for hydroxylation is 2. The Kier molecular flexibility index (Phi) is 4.06. The molecular formula is C14H14N2OS.